The molecule has 0 aliphatic rings. The molecule has 0 fully saturated rings. The number of carbonyl (C=O) groups excluding carboxylic acids is 2. The third-order valence-electron chi connectivity index (χ3n) is 3.69. The van der Waals surface area contributed by atoms with Gasteiger partial charge in [0.25, 0.3) is 5.91 Å². The average Bonchev–Trinajstić information content (AvgIpc) is 3.08. The number of aromatic nitrogens is 1. The number of hydrogen-bond donors (Lipinski definition) is 2. The first-order valence-corrected chi connectivity index (χ1v) is 7.71. The van der Waals surface area contributed by atoms with Gasteiger partial charge in [-0.05, 0) is 21.0 Å². The fourth-order valence-electron chi connectivity index (χ4n) is 1.88. The second-order valence-corrected chi connectivity index (χ2v) is 5.74. The van der Waals surface area contributed by atoms with E-state index in [9.17, 15) is 9.59 Å². The van der Waals surface area contributed by atoms with Crippen molar-refractivity contribution in [2.24, 2.45) is 0 Å². The van der Waals surface area contributed by atoms with Crippen LogP contribution in [-0.4, -0.2) is 55.1 Å². The molecule has 0 saturated carbocycles. The second kappa shape index (κ2) is 8.26. The van der Waals surface area contributed by atoms with Gasteiger partial charge < -0.3 is 20.1 Å². The van der Waals surface area contributed by atoms with E-state index in [1.807, 2.05) is 56.3 Å². The summed E-state index contributed by atoms with van der Waals surface area (Å²) in [6.07, 6.45) is 0. The molecule has 1 unspecified atom stereocenters. The summed E-state index contributed by atoms with van der Waals surface area (Å²) in [5.41, 5.74) is 0.975. The molecule has 2 N–H and O–H groups in total. The average molecular weight is 330 g/mol. The van der Waals surface area contributed by atoms with E-state index in [0.29, 0.717) is 12.3 Å². The lowest BCUT2D eigenvalue weighted by Gasteiger charge is -2.19. The van der Waals surface area contributed by atoms with Crippen LogP contribution in [0.2, 0.25) is 0 Å². The summed E-state index contributed by atoms with van der Waals surface area (Å²) in [5, 5.41) is 9.03. The van der Waals surface area contributed by atoms with Crippen molar-refractivity contribution in [2.45, 2.75) is 13.0 Å². The Morgan fingerprint density at radius 3 is 2.58 bits per heavy atom. The monoisotopic (exact) mass is 330 g/mol. The highest BCUT2D eigenvalue weighted by Gasteiger charge is 2.15. The minimum Gasteiger partial charge on any atom is -0.355 e. The van der Waals surface area contributed by atoms with Crippen molar-refractivity contribution in [3.8, 4) is 11.3 Å². The largest absolute Gasteiger partial charge is 0.355 e. The Bertz CT molecular complexity index is 682. The molecular formula is C17H22N4O3. The van der Waals surface area contributed by atoms with E-state index in [-0.39, 0.29) is 24.2 Å². The summed E-state index contributed by atoms with van der Waals surface area (Å²) in [7, 11) is 3.88. The minimum atomic E-state index is -0.447. The molecular weight excluding hydrogens is 308 g/mol. The molecule has 0 aliphatic heterocycles. The van der Waals surface area contributed by atoms with Crippen LogP contribution in [0, 0.1) is 0 Å². The van der Waals surface area contributed by atoms with Gasteiger partial charge in [0.2, 0.25) is 5.91 Å². The molecule has 0 radical (unpaired) electrons. The highest BCUT2D eigenvalue weighted by molar-refractivity contribution is 5.95. The number of carbonyl (C=O) groups is 2. The summed E-state index contributed by atoms with van der Waals surface area (Å²) >= 11 is 0. The molecule has 1 aromatic carbocycles. The van der Waals surface area contributed by atoms with E-state index in [2.05, 4.69) is 15.8 Å². The molecule has 0 bridgehead atoms. The van der Waals surface area contributed by atoms with Crippen LogP contribution in [-0.2, 0) is 4.79 Å². The number of benzene rings is 1. The Labute approximate surface area is 141 Å². The first-order valence-electron chi connectivity index (χ1n) is 7.71. The Morgan fingerprint density at radius 2 is 1.92 bits per heavy atom. The first kappa shape index (κ1) is 17.7. The van der Waals surface area contributed by atoms with Crippen molar-refractivity contribution in [3.63, 3.8) is 0 Å². The highest BCUT2D eigenvalue weighted by atomic mass is 16.5. The number of rotatable bonds is 7. The number of amides is 2. The lowest BCUT2D eigenvalue weighted by molar-refractivity contribution is -0.120. The minimum absolute atomic E-state index is 0.105. The van der Waals surface area contributed by atoms with Crippen LogP contribution in [0.5, 0.6) is 0 Å². The highest BCUT2D eigenvalue weighted by Crippen LogP contribution is 2.19. The number of nitrogens with zero attached hydrogens (tertiary/aromatic N) is 2. The van der Waals surface area contributed by atoms with Gasteiger partial charge in [-0.1, -0.05) is 35.5 Å². The molecule has 128 valence electrons. The van der Waals surface area contributed by atoms with Gasteiger partial charge in [0, 0.05) is 24.2 Å². The quantitative estimate of drug-likeness (QED) is 0.795. The molecule has 1 heterocycles. The molecule has 2 amide bonds. The van der Waals surface area contributed by atoms with Gasteiger partial charge in [0.15, 0.2) is 11.5 Å². The summed E-state index contributed by atoms with van der Waals surface area (Å²) in [5.74, 6) is -0.189. The predicted octanol–water partition coefficient (Wildman–Crippen LogP) is 1.14. The zero-order valence-corrected chi connectivity index (χ0v) is 14.1. The molecule has 0 saturated heterocycles. The molecule has 2 aromatic rings. The SMILES string of the molecule is CC(CNC(=O)CNC(=O)c1cc(-c2ccccc2)on1)N(C)C. The van der Waals surface area contributed by atoms with Crippen LogP contribution in [0.25, 0.3) is 11.3 Å². The first-order chi connectivity index (χ1) is 11.5. The number of hydrogen-bond acceptors (Lipinski definition) is 5. The van der Waals surface area contributed by atoms with E-state index in [1.54, 1.807) is 6.07 Å². The topological polar surface area (TPSA) is 87.5 Å². The lowest BCUT2D eigenvalue weighted by Crippen LogP contribution is -2.42. The van der Waals surface area contributed by atoms with Crippen molar-refractivity contribution in [2.75, 3.05) is 27.2 Å². The van der Waals surface area contributed by atoms with E-state index in [0.717, 1.165) is 5.56 Å². The van der Waals surface area contributed by atoms with Crippen LogP contribution in [0.4, 0.5) is 0 Å². The van der Waals surface area contributed by atoms with E-state index in [4.69, 9.17) is 4.52 Å². The van der Waals surface area contributed by atoms with Gasteiger partial charge >= 0.3 is 0 Å². The maximum absolute atomic E-state index is 12.0. The molecule has 7 nitrogen and oxygen atoms in total. The fourth-order valence-corrected chi connectivity index (χ4v) is 1.88. The van der Waals surface area contributed by atoms with Crippen molar-refractivity contribution in [3.05, 3.63) is 42.1 Å². The van der Waals surface area contributed by atoms with Crippen molar-refractivity contribution in [1.82, 2.24) is 20.7 Å². The zero-order chi connectivity index (χ0) is 17.5. The van der Waals surface area contributed by atoms with Gasteiger partial charge in [0.1, 0.15) is 0 Å². The Kier molecular flexibility index (Phi) is 6.08. The molecule has 7 heteroatoms. The molecule has 1 atom stereocenters. The van der Waals surface area contributed by atoms with E-state index in [1.165, 1.54) is 0 Å². The number of nitrogens with one attached hydrogen (secondary N) is 2. The second-order valence-electron chi connectivity index (χ2n) is 5.74. The van der Waals surface area contributed by atoms with Crippen molar-refractivity contribution < 1.29 is 14.1 Å². The zero-order valence-electron chi connectivity index (χ0n) is 14.1. The normalized spacial score (nSPS) is 12.0. The van der Waals surface area contributed by atoms with E-state index >= 15 is 0 Å². The van der Waals surface area contributed by atoms with Gasteiger partial charge in [-0.15, -0.1) is 0 Å². The number of likely N-dealkylation sites (N-methyl/N-ethyl adjacent to an activating group) is 1. The lowest BCUT2D eigenvalue weighted by atomic mass is 10.1. The predicted molar refractivity (Wildman–Crippen MR) is 90.4 cm³/mol. The van der Waals surface area contributed by atoms with E-state index < -0.39 is 5.91 Å². The third kappa shape index (κ3) is 4.92. The van der Waals surface area contributed by atoms with Crippen LogP contribution in [0.1, 0.15) is 17.4 Å². The standard InChI is InChI=1S/C17H22N4O3/c1-12(21(2)3)10-18-16(22)11-19-17(23)14-9-15(24-20-14)13-7-5-4-6-8-13/h4-9,12H,10-11H2,1-3H3,(H,18,22)(H,19,23). The maximum atomic E-state index is 12.0. The fraction of sp³-hybridized carbons (Fsp3) is 0.353. The summed E-state index contributed by atoms with van der Waals surface area (Å²) in [4.78, 5) is 25.8. The van der Waals surface area contributed by atoms with Crippen molar-refractivity contribution in [1.29, 1.82) is 0 Å². The van der Waals surface area contributed by atoms with Gasteiger partial charge in [0.05, 0.1) is 6.54 Å². The van der Waals surface area contributed by atoms with Crippen LogP contribution >= 0.6 is 0 Å². The van der Waals surface area contributed by atoms with Crippen LogP contribution < -0.4 is 10.6 Å². The van der Waals surface area contributed by atoms with Gasteiger partial charge in [-0.2, -0.15) is 0 Å². The van der Waals surface area contributed by atoms with Gasteiger partial charge in [-0.25, -0.2) is 0 Å². The molecule has 24 heavy (non-hydrogen) atoms. The summed E-state index contributed by atoms with van der Waals surface area (Å²) in [6.45, 7) is 2.41. The summed E-state index contributed by atoms with van der Waals surface area (Å²) in [6, 6.07) is 11.1. The molecule has 0 spiro atoms. The Hall–Kier alpha value is -2.67. The summed E-state index contributed by atoms with van der Waals surface area (Å²) < 4.78 is 5.17. The Morgan fingerprint density at radius 1 is 1.21 bits per heavy atom. The molecule has 0 aliphatic carbocycles. The van der Waals surface area contributed by atoms with Crippen LogP contribution in [0.15, 0.2) is 40.9 Å². The van der Waals surface area contributed by atoms with Crippen molar-refractivity contribution >= 4 is 11.8 Å². The smallest absolute Gasteiger partial charge is 0.273 e. The Balaban J connectivity index is 1.83. The molecule has 2 rings (SSSR count). The molecule has 1 aromatic heterocycles. The maximum Gasteiger partial charge on any atom is 0.273 e. The third-order valence-corrected chi connectivity index (χ3v) is 3.69. The van der Waals surface area contributed by atoms with Gasteiger partial charge in [-0.3, -0.25) is 9.59 Å². The van der Waals surface area contributed by atoms with Crippen LogP contribution in [0.3, 0.4) is 0 Å².